The standard InChI is InChI=1S/C18H27N3O.2C2HF3O2/c1-3-17(11-19-7-1)21-9-10-22-15-18(14-21)6-2-8-20(13-18)12-16-4-5-16;2*3-2(4,5)1(6)7/h1,3,7,11,16H,2,4-6,8-10,12-15H2;2*(H,6,7). The van der Waals surface area contributed by atoms with Crippen molar-refractivity contribution in [3.05, 3.63) is 24.5 Å². The number of carboxylic acids is 2. The van der Waals surface area contributed by atoms with Gasteiger partial charge in [0.2, 0.25) is 0 Å². The fourth-order valence-electron chi connectivity index (χ4n) is 4.13. The summed E-state index contributed by atoms with van der Waals surface area (Å²) in [5, 5.41) is 14.2. The van der Waals surface area contributed by atoms with Crippen LogP contribution in [-0.2, 0) is 14.3 Å². The average Bonchev–Trinajstić information content (AvgIpc) is 3.62. The Hall–Kier alpha value is -2.61. The van der Waals surface area contributed by atoms with Gasteiger partial charge in [0.25, 0.3) is 0 Å². The molecule has 1 atom stereocenters. The summed E-state index contributed by atoms with van der Waals surface area (Å²) >= 11 is 0. The smallest absolute Gasteiger partial charge is 0.475 e. The van der Waals surface area contributed by atoms with Gasteiger partial charge in [0.1, 0.15) is 0 Å². The first-order valence-corrected chi connectivity index (χ1v) is 11.3. The molecule has 14 heteroatoms. The van der Waals surface area contributed by atoms with Crippen molar-refractivity contribution >= 4 is 17.6 Å². The second-order valence-corrected chi connectivity index (χ2v) is 9.07. The zero-order chi connectivity index (χ0) is 27.0. The summed E-state index contributed by atoms with van der Waals surface area (Å²) in [5.41, 5.74) is 1.55. The molecule has 1 aromatic rings. The lowest BCUT2D eigenvalue weighted by Crippen LogP contribution is -2.51. The van der Waals surface area contributed by atoms with E-state index in [1.54, 1.807) is 0 Å². The molecule has 0 bridgehead atoms. The predicted molar refractivity (Wildman–Crippen MR) is 115 cm³/mol. The van der Waals surface area contributed by atoms with E-state index in [0.717, 1.165) is 32.2 Å². The van der Waals surface area contributed by atoms with Gasteiger partial charge in [-0.2, -0.15) is 26.3 Å². The van der Waals surface area contributed by atoms with Crippen LogP contribution in [0.2, 0.25) is 0 Å². The van der Waals surface area contributed by atoms with Crippen LogP contribution in [0.4, 0.5) is 32.0 Å². The molecule has 3 aliphatic rings. The molecule has 1 aromatic heterocycles. The number of ether oxygens (including phenoxy) is 1. The van der Waals surface area contributed by atoms with Crippen molar-refractivity contribution in [3.8, 4) is 0 Å². The van der Waals surface area contributed by atoms with E-state index < -0.39 is 24.3 Å². The molecule has 2 aliphatic heterocycles. The minimum absolute atomic E-state index is 0.305. The third kappa shape index (κ3) is 10.2. The van der Waals surface area contributed by atoms with Gasteiger partial charge in [-0.05, 0) is 50.3 Å². The summed E-state index contributed by atoms with van der Waals surface area (Å²) in [4.78, 5) is 27.3. The van der Waals surface area contributed by atoms with Gasteiger partial charge in [-0.25, -0.2) is 9.59 Å². The van der Waals surface area contributed by atoms with Gasteiger partial charge >= 0.3 is 24.3 Å². The number of carbonyl (C=O) groups is 2. The molecular weight excluding hydrogens is 500 g/mol. The number of anilines is 1. The highest BCUT2D eigenvalue weighted by Gasteiger charge is 2.40. The topological polar surface area (TPSA) is 103 Å². The highest BCUT2D eigenvalue weighted by atomic mass is 19.4. The Morgan fingerprint density at radius 3 is 2.17 bits per heavy atom. The minimum atomic E-state index is -5.08. The molecular formula is C22H29F6N3O5. The van der Waals surface area contributed by atoms with Gasteiger partial charge in [-0.3, -0.25) is 4.98 Å². The maximum Gasteiger partial charge on any atom is 0.490 e. The number of piperidine rings is 1. The number of aromatic nitrogens is 1. The normalized spacial score (nSPS) is 23.0. The van der Waals surface area contributed by atoms with Gasteiger partial charge in [0.05, 0.1) is 25.1 Å². The van der Waals surface area contributed by atoms with Crippen LogP contribution < -0.4 is 4.90 Å². The Kier molecular flexibility index (Phi) is 10.3. The molecule has 1 spiro atoms. The van der Waals surface area contributed by atoms with Crippen molar-refractivity contribution in [1.82, 2.24) is 9.88 Å². The lowest BCUT2D eigenvalue weighted by Gasteiger charge is -2.44. The number of pyridine rings is 1. The summed E-state index contributed by atoms with van der Waals surface area (Å²) < 4.78 is 69.5. The molecule has 36 heavy (non-hydrogen) atoms. The number of likely N-dealkylation sites (tertiary alicyclic amines) is 1. The first-order chi connectivity index (χ1) is 16.7. The van der Waals surface area contributed by atoms with Crippen LogP contribution in [0.15, 0.2) is 24.5 Å². The molecule has 0 aromatic carbocycles. The Morgan fingerprint density at radius 2 is 1.67 bits per heavy atom. The number of aliphatic carboxylic acids is 2. The Bertz CT molecular complexity index is 827. The van der Waals surface area contributed by atoms with Gasteiger partial charge < -0.3 is 24.7 Å². The summed E-state index contributed by atoms with van der Waals surface area (Å²) in [6, 6.07) is 4.21. The van der Waals surface area contributed by atoms with Crippen molar-refractivity contribution in [2.24, 2.45) is 11.3 Å². The highest BCUT2D eigenvalue weighted by Crippen LogP contribution is 2.37. The summed E-state index contributed by atoms with van der Waals surface area (Å²) in [5.74, 6) is -4.53. The zero-order valence-electron chi connectivity index (χ0n) is 19.4. The van der Waals surface area contributed by atoms with Crippen LogP contribution in [0.25, 0.3) is 0 Å². The molecule has 204 valence electrons. The van der Waals surface area contributed by atoms with E-state index in [1.807, 2.05) is 18.5 Å². The molecule has 1 saturated carbocycles. The maximum absolute atomic E-state index is 10.6. The fraction of sp³-hybridized carbons (Fsp3) is 0.682. The van der Waals surface area contributed by atoms with Crippen molar-refractivity contribution < 1.29 is 50.9 Å². The van der Waals surface area contributed by atoms with Crippen molar-refractivity contribution in [2.45, 2.75) is 38.0 Å². The number of nitrogens with zero attached hydrogens (tertiary/aromatic N) is 3. The quantitative estimate of drug-likeness (QED) is 0.572. The first-order valence-electron chi connectivity index (χ1n) is 11.3. The van der Waals surface area contributed by atoms with Crippen LogP contribution in [0, 0.1) is 11.3 Å². The number of carboxylic acid groups (broad SMARTS) is 2. The number of hydrogen-bond acceptors (Lipinski definition) is 6. The maximum atomic E-state index is 10.6. The molecule has 3 fully saturated rings. The number of rotatable bonds is 3. The monoisotopic (exact) mass is 529 g/mol. The lowest BCUT2D eigenvalue weighted by atomic mass is 9.80. The van der Waals surface area contributed by atoms with Gasteiger partial charge in [-0.1, -0.05) is 0 Å². The van der Waals surface area contributed by atoms with Crippen LogP contribution in [0.5, 0.6) is 0 Å². The van der Waals surface area contributed by atoms with Crippen molar-refractivity contribution in [3.63, 3.8) is 0 Å². The fourth-order valence-corrected chi connectivity index (χ4v) is 4.13. The van der Waals surface area contributed by atoms with E-state index in [0.29, 0.717) is 5.41 Å². The number of halogens is 6. The molecule has 0 amide bonds. The summed E-state index contributed by atoms with van der Waals surface area (Å²) in [6.45, 7) is 7.65. The van der Waals surface area contributed by atoms with E-state index >= 15 is 0 Å². The molecule has 0 radical (unpaired) electrons. The van der Waals surface area contributed by atoms with Crippen LogP contribution in [0.1, 0.15) is 25.7 Å². The van der Waals surface area contributed by atoms with E-state index in [2.05, 4.69) is 20.9 Å². The third-order valence-electron chi connectivity index (χ3n) is 5.89. The second-order valence-electron chi connectivity index (χ2n) is 9.07. The van der Waals surface area contributed by atoms with E-state index in [9.17, 15) is 26.3 Å². The van der Waals surface area contributed by atoms with Gasteiger partial charge in [0, 0.05) is 37.8 Å². The van der Waals surface area contributed by atoms with E-state index in [4.69, 9.17) is 24.5 Å². The molecule has 2 saturated heterocycles. The molecule has 4 rings (SSSR count). The SMILES string of the molecule is O=C(O)C(F)(F)F.O=C(O)C(F)(F)F.c1cncc(N2CCOCC3(CCCN(CC4CC4)C3)C2)c1. The van der Waals surface area contributed by atoms with Gasteiger partial charge in [-0.15, -0.1) is 0 Å². The number of hydrogen-bond donors (Lipinski definition) is 2. The Balaban J connectivity index is 0.000000271. The third-order valence-corrected chi connectivity index (χ3v) is 5.89. The Labute approximate surface area is 203 Å². The predicted octanol–water partition coefficient (Wildman–Crippen LogP) is 3.68. The minimum Gasteiger partial charge on any atom is -0.475 e. The first kappa shape index (κ1) is 29.6. The molecule has 3 heterocycles. The Morgan fingerprint density at radius 1 is 1.06 bits per heavy atom. The van der Waals surface area contributed by atoms with Crippen LogP contribution >= 0.6 is 0 Å². The van der Waals surface area contributed by atoms with E-state index in [-0.39, 0.29) is 0 Å². The van der Waals surface area contributed by atoms with Gasteiger partial charge in [0.15, 0.2) is 0 Å². The number of alkyl halides is 6. The lowest BCUT2D eigenvalue weighted by molar-refractivity contribution is -0.193. The summed E-state index contributed by atoms with van der Waals surface area (Å²) in [6.07, 6.45) is -0.819. The molecule has 2 N–H and O–H groups in total. The molecule has 1 aliphatic carbocycles. The summed E-state index contributed by atoms with van der Waals surface area (Å²) in [7, 11) is 0. The molecule has 1 unspecified atom stereocenters. The largest absolute Gasteiger partial charge is 0.490 e. The zero-order valence-corrected chi connectivity index (χ0v) is 19.4. The van der Waals surface area contributed by atoms with Crippen molar-refractivity contribution in [1.29, 1.82) is 0 Å². The average molecular weight is 529 g/mol. The van der Waals surface area contributed by atoms with Crippen LogP contribution in [0.3, 0.4) is 0 Å². The molecule has 8 nitrogen and oxygen atoms in total. The van der Waals surface area contributed by atoms with Crippen LogP contribution in [-0.4, -0.2) is 90.3 Å². The second kappa shape index (κ2) is 12.6. The highest BCUT2D eigenvalue weighted by molar-refractivity contribution is 5.73. The van der Waals surface area contributed by atoms with E-state index in [1.165, 1.54) is 51.0 Å². The van der Waals surface area contributed by atoms with Crippen molar-refractivity contribution in [2.75, 3.05) is 50.8 Å².